The molecule has 0 spiro atoms. The second kappa shape index (κ2) is 4.58. The molecule has 2 aliphatic rings. The van der Waals surface area contributed by atoms with Crippen molar-refractivity contribution in [3.05, 3.63) is 33.9 Å². The first kappa shape index (κ1) is 13.3. The number of carbonyl (C=O) groups excluding carboxylic acids is 1. The maximum Gasteiger partial charge on any atom is 0.221 e. The maximum atomic E-state index is 11.6. The van der Waals surface area contributed by atoms with Crippen molar-refractivity contribution in [3.8, 4) is 0 Å². The SMILES string of the molecule is CN1C[C@@H](C(N)=O)CC2c3cccc4[nH]c(Br)c(c34)C[C@H]21. The van der Waals surface area contributed by atoms with Crippen LogP contribution in [0.5, 0.6) is 0 Å². The fourth-order valence-electron chi connectivity index (χ4n) is 4.19. The van der Waals surface area contributed by atoms with E-state index in [9.17, 15) is 4.79 Å². The molecule has 2 heterocycles. The summed E-state index contributed by atoms with van der Waals surface area (Å²) in [6, 6.07) is 6.87. The molecule has 3 atom stereocenters. The van der Waals surface area contributed by atoms with Crippen LogP contribution in [0.1, 0.15) is 23.5 Å². The van der Waals surface area contributed by atoms with Crippen molar-refractivity contribution in [2.45, 2.75) is 24.8 Å². The Bertz CT molecular complexity index is 738. The number of benzene rings is 1. The Labute approximate surface area is 131 Å². The van der Waals surface area contributed by atoms with Gasteiger partial charge in [0, 0.05) is 29.4 Å². The molecular weight excluding hydrogens is 330 g/mol. The van der Waals surface area contributed by atoms with E-state index in [0.717, 1.165) is 24.0 Å². The van der Waals surface area contributed by atoms with E-state index in [2.05, 4.69) is 51.1 Å². The third-order valence-electron chi connectivity index (χ3n) is 5.20. The summed E-state index contributed by atoms with van der Waals surface area (Å²) < 4.78 is 1.09. The Kier molecular flexibility index (Phi) is 2.91. The second-order valence-corrected chi connectivity index (χ2v) is 7.13. The number of halogens is 1. The molecule has 5 heteroatoms. The van der Waals surface area contributed by atoms with Crippen LogP contribution < -0.4 is 5.73 Å². The monoisotopic (exact) mass is 347 g/mol. The lowest BCUT2D eigenvalue weighted by atomic mass is 9.72. The number of likely N-dealkylation sites (tertiary alicyclic amines) is 1. The number of hydrogen-bond donors (Lipinski definition) is 2. The molecule has 3 N–H and O–H groups in total. The molecule has 2 aromatic rings. The molecule has 1 amide bonds. The number of amides is 1. The van der Waals surface area contributed by atoms with Crippen molar-refractivity contribution in [3.63, 3.8) is 0 Å². The van der Waals surface area contributed by atoms with E-state index in [1.807, 2.05) is 0 Å². The van der Waals surface area contributed by atoms with Crippen LogP contribution in [-0.2, 0) is 11.2 Å². The van der Waals surface area contributed by atoms with Crippen molar-refractivity contribution < 1.29 is 4.79 Å². The number of aromatic amines is 1. The van der Waals surface area contributed by atoms with Gasteiger partial charge in [0.15, 0.2) is 0 Å². The van der Waals surface area contributed by atoms with E-state index in [1.54, 1.807) is 0 Å². The van der Waals surface area contributed by atoms with Crippen LogP contribution in [0.15, 0.2) is 22.8 Å². The van der Waals surface area contributed by atoms with Crippen LogP contribution in [0.2, 0.25) is 0 Å². The fraction of sp³-hybridized carbons (Fsp3) is 0.438. The van der Waals surface area contributed by atoms with Gasteiger partial charge in [-0.15, -0.1) is 0 Å². The van der Waals surface area contributed by atoms with Gasteiger partial charge < -0.3 is 15.6 Å². The third kappa shape index (κ3) is 1.87. The summed E-state index contributed by atoms with van der Waals surface area (Å²) >= 11 is 3.66. The molecule has 4 rings (SSSR count). The summed E-state index contributed by atoms with van der Waals surface area (Å²) in [6.45, 7) is 0.768. The first-order chi connectivity index (χ1) is 10.1. The van der Waals surface area contributed by atoms with E-state index in [0.29, 0.717) is 12.0 Å². The first-order valence-electron chi connectivity index (χ1n) is 7.34. The highest BCUT2D eigenvalue weighted by Gasteiger charge is 2.41. The summed E-state index contributed by atoms with van der Waals surface area (Å²) in [7, 11) is 2.11. The highest BCUT2D eigenvalue weighted by atomic mass is 79.9. The van der Waals surface area contributed by atoms with Crippen molar-refractivity contribution in [1.29, 1.82) is 0 Å². The number of H-pyrrole nitrogens is 1. The van der Waals surface area contributed by atoms with E-state index in [1.165, 1.54) is 22.0 Å². The molecule has 0 radical (unpaired) electrons. The van der Waals surface area contributed by atoms with E-state index in [4.69, 9.17) is 5.73 Å². The number of primary amides is 1. The quantitative estimate of drug-likeness (QED) is 0.831. The van der Waals surface area contributed by atoms with Gasteiger partial charge in [-0.05, 0) is 53.0 Å². The molecule has 1 aliphatic carbocycles. The Balaban J connectivity index is 1.88. The molecule has 1 fully saturated rings. The highest BCUT2D eigenvalue weighted by Crippen LogP contribution is 2.46. The van der Waals surface area contributed by atoms with Crippen molar-refractivity contribution in [2.24, 2.45) is 11.7 Å². The van der Waals surface area contributed by atoms with Gasteiger partial charge in [0.1, 0.15) is 0 Å². The van der Waals surface area contributed by atoms with E-state index >= 15 is 0 Å². The van der Waals surface area contributed by atoms with Gasteiger partial charge in [-0.2, -0.15) is 0 Å². The molecule has 1 aromatic carbocycles. The highest BCUT2D eigenvalue weighted by molar-refractivity contribution is 9.10. The minimum absolute atomic E-state index is 0.0459. The molecule has 0 saturated carbocycles. The summed E-state index contributed by atoms with van der Waals surface area (Å²) in [6.07, 6.45) is 1.88. The van der Waals surface area contributed by atoms with Gasteiger partial charge in [0.05, 0.1) is 10.5 Å². The normalized spacial score (nSPS) is 28.6. The van der Waals surface area contributed by atoms with Gasteiger partial charge in [0.25, 0.3) is 0 Å². The summed E-state index contributed by atoms with van der Waals surface area (Å²) in [5, 5.41) is 1.34. The minimum Gasteiger partial charge on any atom is -0.369 e. The Morgan fingerprint density at radius 2 is 2.29 bits per heavy atom. The lowest BCUT2D eigenvalue weighted by molar-refractivity contribution is -0.124. The van der Waals surface area contributed by atoms with Gasteiger partial charge in [-0.3, -0.25) is 4.79 Å². The predicted octanol–water partition coefficient (Wildman–Crippen LogP) is 2.38. The Hall–Kier alpha value is -1.33. The molecule has 0 bridgehead atoms. The average molecular weight is 348 g/mol. The average Bonchev–Trinajstić information content (AvgIpc) is 2.77. The molecule has 21 heavy (non-hydrogen) atoms. The van der Waals surface area contributed by atoms with Crippen molar-refractivity contribution >= 4 is 32.7 Å². The topological polar surface area (TPSA) is 62.1 Å². The van der Waals surface area contributed by atoms with Crippen LogP contribution >= 0.6 is 15.9 Å². The molecular formula is C16H18BrN3O. The number of likely N-dealkylation sites (N-methyl/N-ethyl adjacent to an activating group) is 1. The third-order valence-corrected chi connectivity index (χ3v) is 5.88. The minimum atomic E-state index is -0.173. The van der Waals surface area contributed by atoms with Gasteiger partial charge in [0.2, 0.25) is 5.91 Å². The second-order valence-electron chi connectivity index (χ2n) is 6.34. The number of nitrogens with two attached hydrogens (primary N) is 1. The van der Waals surface area contributed by atoms with Gasteiger partial charge >= 0.3 is 0 Å². The molecule has 4 nitrogen and oxygen atoms in total. The summed E-state index contributed by atoms with van der Waals surface area (Å²) in [4.78, 5) is 17.4. The number of fused-ring (bicyclic) bond motifs is 2. The van der Waals surface area contributed by atoms with Crippen LogP contribution in [0.3, 0.4) is 0 Å². The van der Waals surface area contributed by atoms with Crippen molar-refractivity contribution in [1.82, 2.24) is 9.88 Å². The Morgan fingerprint density at radius 1 is 1.48 bits per heavy atom. The first-order valence-corrected chi connectivity index (χ1v) is 8.14. The van der Waals surface area contributed by atoms with Crippen LogP contribution in [0, 0.1) is 5.92 Å². The summed E-state index contributed by atoms with van der Waals surface area (Å²) in [5.74, 6) is 0.170. The lowest BCUT2D eigenvalue weighted by Crippen LogP contribution is -2.50. The zero-order chi connectivity index (χ0) is 14.7. The fourth-order valence-corrected chi connectivity index (χ4v) is 4.76. The van der Waals surface area contributed by atoms with Crippen LogP contribution in [-0.4, -0.2) is 35.4 Å². The van der Waals surface area contributed by atoms with Crippen LogP contribution in [0.25, 0.3) is 10.9 Å². The van der Waals surface area contributed by atoms with Gasteiger partial charge in [-0.25, -0.2) is 0 Å². The number of rotatable bonds is 1. The molecule has 1 aromatic heterocycles. The standard InChI is InChI=1S/C16H18BrN3O/c1-20-7-8(16(18)21)5-10-9-3-2-4-12-14(9)11(6-13(10)20)15(17)19-12/h2-4,8,10,13,19H,5-7H2,1H3,(H2,18,21)/t8-,10?,13+/m0/s1. The summed E-state index contributed by atoms with van der Waals surface area (Å²) in [5.41, 5.74) is 9.47. The molecule has 1 aliphatic heterocycles. The van der Waals surface area contributed by atoms with Gasteiger partial charge in [-0.1, -0.05) is 12.1 Å². The van der Waals surface area contributed by atoms with Crippen LogP contribution in [0.4, 0.5) is 0 Å². The number of hydrogen-bond acceptors (Lipinski definition) is 2. The Morgan fingerprint density at radius 3 is 3.05 bits per heavy atom. The zero-order valence-electron chi connectivity index (χ0n) is 11.9. The number of nitrogens with zero attached hydrogens (tertiary/aromatic N) is 1. The molecule has 1 unspecified atom stereocenters. The van der Waals surface area contributed by atoms with E-state index in [-0.39, 0.29) is 11.8 Å². The number of aromatic nitrogens is 1. The van der Waals surface area contributed by atoms with Crippen molar-refractivity contribution in [2.75, 3.05) is 13.6 Å². The number of nitrogens with one attached hydrogen (secondary N) is 1. The number of piperidine rings is 1. The van der Waals surface area contributed by atoms with E-state index < -0.39 is 0 Å². The number of carbonyl (C=O) groups is 1. The molecule has 110 valence electrons. The maximum absolute atomic E-state index is 11.6. The predicted molar refractivity (Wildman–Crippen MR) is 86.2 cm³/mol. The lowest BCUT2D eigenvalue weighted by Gasteiger charge is -2.44. The zero-order valence-corrected chi connectivity index (χ0v) is 13.5. The smallest absolute Gasteiger partial charge is 0.221 e. The largest absolute Gasteiger partial charge is 0.369 e. The molecule has 1 saturated heterocycles.